The summed E-state index contributed by atoms with van der Waals surface area (Å²) in [7, 11) is -4.67. The van der Waals surface area contributed by atoms with Crippen LogP contribution in [0, 0.1) is 0 Å². The van der Waals surface area contributed by atoms with Crippen LogP contribution >= 0.6 is 14.9 Å². The highest BCUT2D eigenvalue weighted by Gasteiger charge is 2.32. The third kappa shape index (κ3) is 8.23. The van der Waals surface area contributed by atoms with Gasteiger partial charge < -0.3 is 14.8 Å². The third-order valence-electron chi connectivity index (χ3n) is 6.34. The van der Waals surface area contributed by atoms with Crippen molar-refractivity contribution in [2.45, 2.75) is 0 Å². The molecule has 0 saturated heterocycles. The smallest absolute Gasteiger partial charge is 0.415 e. The maximum atomic E-state index is 13.9. The average molecular weight is 620 g/mol. The van der Waals surface area contributed by atoms with Gasteiger partial charge in [-0.15, -0.1) is 0 Å². The first-order valence-electron chi connectivity index (χ1n) is 13.5. The Morgan fingerprint density at radius 3 is 1.25 bits per heavy atom. The van der Waals surface area contributed by atoms with Gasteiger partial charge in [-0.1, -0.05) is 102 Å². The van der Waals surface area contributed by atoms with Crippen LogP contribution in [0.5, 0.6) is 11.5 Å². The minimum atomic E-state index is -3.25. The average Bonchev–Trinajstić information content (AvgIpc) is 3.08. The fourth-order valence-corrected chi connectivity index (χ4v) is 8.12. The lowest BCUT2D eigenvalue weighted by Gasteiger charge is -2.20. The van der Waals surface area contributed by atoms with Gasteiger partial charge in [0.1, 0.15) is 11.5 Å². The van der Waals surface area contributed by atoms with Crippen LogP contribution < -0.4 is 26.5 Å². The van der Waals surface area contributed by atoms with Crippen LogP contribution in [0.4, 0.5) is 0 Å². The van der Waals surface area contributed by atoms with Gasteiger partial charge in [-0.25, -0.2) is 0 Å². The van der Waals surface area contributed by atoms with Crippen LogP contribution in [0.25, 0.3) is 0 Å². The van der Waals surface area contributed by atoms with E-state index in [0.29, 0.717) is 10.6 Å². The second-order valence-corrected chi connectivity index (χ2v) is 13.7. The SMILES string of the molecule is O=C1C=CC(=O)C=C1.O=P(c1ccccc1)(c1ccccc1)c1cc(O)ccc1O.O=[P+](c1ccccc1)c1ccccc1. The van der Waals surface area contributed by atoms with Crippen LogP contribution in [0.1, 0.15) is 0 Å². The molecule has 1 aliphatic rings. The largest absolute Gasteiger partial charge is 0.508 e. The Bertz CT molecular complexity index is 1710. The van der Waals surface area contributed by atoms with Crippen molar-refractivity contribution in [2.24, 2.45) is 0 Å². The first-order valence-corrected chi connectivity index (χ1v) is 16.5. The minimum Gasteiger partial charge on any atom is -0.508 e. The van der Waals surface area contributed by atoms with Crippen LogP contribution in [0.2, 0.25) is 0 Å². The molecule has 0 aliphatic heterocycles. The predicted octanol–water partition coefficient (Wildman–Crippen LogP) is 5.45. The van der Waals surface area contributed by atoms with Gasteiger partial charge in [-0.2, -0.15) is 0 Å². The summed E-state index contributed by atoms with van der Waals surface area (Å²) in [5, 5.41) is 23.2. The number of rotatable bonds is 5. The lowest BCUT2D eigenvalue weighted by Crippen LogP contribution is -2.25. The first kappa shape index (κ1) is 31.8. The Morgan fingerprint density at radius 2 is 0.864 bits per heavy atom. The lowest BCUT2D eigenvalue weighted by molar-refractivity contribution is -0.113. The monoisotopic (exact) mass is 619 g/mol. The third-order valence-corrected chi connectivity index (χ3v) is 11.0. The van der Waals surface area contributed by atoms with Crippen molar-refractivity contribution >= 4 is 53.0 Å². The van der Waals surface area contributed by atoms with Crippen molar-refractivity contribution in [1.29, 1.82) is 0 Å². The van der Waals surface area contributed by atoms with Gasteiger partial charge in [0.25, 0.3) is 0 Å². The molecular formula is C36H29O6P2+. The second kappa shape index (κ2) is 15.4. The summed E-state index contributed by atoms with van der Waals surface area (Å²) in [6.07, 6.45) is 5.01. The Morgan fingerprint density at radius 1 is 0.500 bits per heavy atom. The molecule has 5 aromatic carbocycles. The number of aromatic hydroxyl groups is 2. The van der Waals surface area contributed by atoms with Gasteiger partial charge in [-0.05, 0) is 66.8 Å². The minimum absolute atomic E-state index is 0.0279. The van der Waals surface area contributed by atoms with Crippen molar-refractivity contribution in [3.05, 3.63) is 164 Å². The highest BCUT2D eigenvalue weighted by atomic mass is 31.2. The van der Waals surface area contributed by atoms with Crippen LogP contribution in [-0.4, -0.2) is 21.8 Å². The van der Waals surface area contributed by atoms with Gasteiger partial charge in [-0.3, -0.25) is 9.59 Å². The molecule has 0 bridgehead atoms. The number of hydrogen-bond acceptors (Lipinski definition) is 6. The molecule has 218 valence electrons. The zero-order chi connectivity index (χ0) is 31.4. The first-order chi connectivity index (χ1) is 21.3. The molecule has 6 nitrogen and oxygen atoms in total. The molecule has 0 amide bonds. The molecule has 0 saturated carbocycles. The van der Waals surface area contributed by atoms with Crippen LogP contribution in [0.3, 0.4) is 0 Å². The molecular weight excluding hydrogens is 590 g/mol. The summed E-state index contributed by atoms with van der Waals surface area (Å²) >= 11 is 0. The van der Waals surface area contributed by atoms with E-state index in [1.54, 1.807) is 24.3 Å². The van der Waals surface area contributed by atoms with Crippen LogP contribution in [-0.2, 0) is 18.7 Å². The van der Waals surface area contributed by atoms with Crippen molar-refractivity contribution in [1.82, 2.24) is 0 Å². The maximum absolute atomic E-state index is 13.9. The van der Waals surface area contributed by atoms with Gasteiger partial charge >= 0.3 is 7.80 Å². The van der Waals surface area contributed by atoms with Gasteiger partial charge in [0, 0.05) is 10.6 Å². The molecule has 44 heavy (non-hydrogen) atoms. The summed E-state index contributed by atoms with van der Waals surface area (Å²) in [6, 6.07) is 41.2. The van der Waals surface area contributed by atoms with E-state index in [1.807, 2.05) is 97.1 Å². The Balaban J connectivity index is 0.000000170. The molecule has 0 atom stereocenters. The van der Waals surface area contributed by atoms with Crippen molar-refractivity contribution in [3.8, 4) is 11.5 Å². The normalized spacial score (nSPS) is 11.9. The van der Waals surface area contributed by atoms with Gasteiger partial charge in [0.2, 0.25) is 0 Å². The van der Waals surface area contributed by atoms with Crippen molar-refractivity contribution in [2.75, 3.05) is 0 Å². The van der Waals surface area contributed by atoms with E-state index in [4.69, 9.17) is 0 Å². The second-order valence-electron chi connectivity index (χ2n) is 9.39. The van der Waals surface area contributed by atoms with E-state index in [-0.39, 0.29) is 28.4 Å². The van der Waals surface area contributed by atoms with Crippen molar-refractivity contribution < 1.29 is 28.9 Å². The van der Waals surface area contributed by atoms with E-state index >= 15 is 0 Å². The molecule has 2 N–H and O–H groups in total. The summed E-state index contributed by atoms with van der Waals surface area (Å²) in [6.45, 7) is 0. The zero-order valence-electron chi connectivity index (χ0n) is 23.5. The molecule has 0 unspecified atom stereocenters. The Kier molecular flexibility index (Phi) is 11.1. The molecule has 5 aromatic rings. The Labute approximate surface area is 256 Å². The molecule has 0 spiro atoms. The molecule has 1 aliphatic carbocycles. The predicted molar refractivity (Wildman–Crippen MR) is 177 cm³/mol. The number of carbonyl (C=O) groups is 2. The van der Waals surface area contributed by atoms with Crippen molar-refractivity contribution in [3.63, 3.8) is 0 Å². The molecule has 0 radical (unpaired) electrons. The molecule has 8 heteroatoms. The number of phenolic OH excluding ortho intramolecular Hbond substituents is 2. The number of phenols is 2. The standard InChI is InChI=1S/C18H15O3P.C12H10OP.C6H4O2/c19-14-11-12-17(20)18(13-14)22(21,15-7-3-1-4-8-15)16-9-5-2-6-10-16;13-14(11-7-3-1-4-8-11)12-9-5-2-6-10-12;7-5-1-2-6(8)4-3-5/h1-13,19-20H;1-10H;1-4H/q;+1;. The van der Waals surface area contributed by atoms with E-state index < -0.39 is 14.9 Å². The van der Waals surface area contributed by atoms with Crippen LogP contribution in [0.15, 0.2) is 164 Å². The van der Waals surface area contributed by atoms with E-state index in [1.165, 1.54) is 42.5 Å². The highest BCUT2D eigenvalue weighted by Crippen LogP contribution is 2.45. The highest BCUT2D eigenvalue weighted by molar-refractivity contribution is 7.85. The van der Waals surface area contributed by atoms with Gasteiger partial charge in [0.05, 0.1) is 5.30 Å². The quantitative estimate of drug-likeness (QED) is 0.154. The fraction of sp³-hybridized carbons (Fsp3) is 0. The number of ketones is 2. The van der Waals surface area contributed by atoms with E-state index in [9.17, 15) is 28.9 Å². The summed E-state index contributed by atoms with van der Waals surface area (Å²) in [5.74, 6) is -0.358. The number of carbonyl (C=O) groups excluding carboxylic acids is 2. The molecule has 0 aromatic heterocycles. The lowest BCUT2D eigenvalue weighted by atomic mass is 10.2. The summed E-state index contributed by atoms with van der Waals surface area (Å²) in [4.78, 5) is 20.6. The molecule has 6 rings (SSSR count). The maximum Gasteiger partial charge on any atom is 0.415 e. The topological polar surface area (TPSA) is 109 Å². The fourth-order valence-electron chi connectivity index (χ4n) is 4.18. The van der Waals surface area contributed by atoms with Gasteiger partial charge in [0.15, 0.2) is 29.3 Å². The summed E-state index contributed by atoms with van der Waals surface area (Å²) in [5.41, 5.74) is 0. The Hall–Kier alpha value is -5.15. The van der Waals surface area contributed by atoms with E-state index in [0.717, 1.165) is 10.6 Å². The number of hydrogen-bond donors (Lipinski definition) is 2. The zero-order valence-corrected chi connectivity index (χ0v) is 25.3. The van der Waals surface area contributed by atoms with E-state index in [2.05, 4.69) is 0 Å². The summed E-state index contributed by atoms with van der Waals surface area (Å²) < 4.78 is 25.9. The molecule has 0 heterocycles. The molecule has 0 fully saturated rings. The number of allylic oxidation sites excluding steroid dienone is 4. The number of benzene rings is 5.